The fourth-order valence-electron chi connectivity index (χ4n) is 4.13. The number of benzene rings is 2. The van der Waals surface area contributed by atoms with E-state index in [1.165, 1.54) is 23.3 Å². The molecule has 7 heteroatoms. The van der Waals surface area contributed by atoms with Crippen LogP contribution in [0.15, 0.2) is 53.5 Å². The third-order valence-corrected chi connectivity index (χ3v) is 6.24. The molecule has 0 unspecified atom stereocenters. The van der Waals surface area contributed by atoms with Gasteiger partial charge in [-0.15, -0.1) is 0 Å². The average Bonchev–Trinajstić information content (AvgIpc) is 2.80. The number of hydrogen-bond donors (Lipinski definition) is 1. The highest BCUT2D eigenvalue weighted by Gasteiger charge is 2.18. The minimum Gasteiger partial charge on any atom is -0.370 e. The zero-order valence-electron chi connectivity index (χ0n) is 18.4. The van der Waals surface area contributed by atoms with Gasteiger partial charge in [0.05, 0.1) is 6.54 Å². The molecule has 0 bridgehead atoms. The van der Waals surface area contributed by atoms with E-state index in [1.807, 2.05) is 12.1 Å². The molecule has 4 rings (SSSR count). The van der Waals surface area contributed by atoms with Crippen LogP contribution in [-0.2, 0) is 13.1 Å². The molecule has 0 atom stereocenters. The number of hydrogen-bond acceptors (Lipinski definition) is 4. The quantitative estimate of drug-likeness (QED) is 0.589. The van der Waals surface area contributed by atoms with E-state index in [9.17, 15) is 4.39 Å². The minimum atomic E-state index is -0.203. The molecule has 166 valence electrons. The molecule has 0 aromatic heterocycles. The van der Waals surface area contributed by atoms with Crippen LogP contribution in [-0.4, -0.2) is 80.1 Å². The van der Waals surface area contributed by atoms with Gasteiger partial charge in [-0.25, -0.2) is 9.38 Å². The summed E-state index contributed by atoms with van der Waals surface area (Å²) in [5.41, 5.74) is 9.84. The normalized spacial score (nSPS) is 19.1. The van der Waals surface area contributed by atoms with Gasteiger partial charge in [-0.05, 0) is 42.4 Å². The highest BCUT2D eigenvalue weighted by Crippen LogP contribution is 2.17. The third-order valence-electron chi connectivity index (χ3n) is 6.24. The summed E-state index contributed by atoms with van der Waals surface area (Å²) in [5, 5.41) is 0. The summed E-state index contributed by atoms with van der Waals surface area (Å²) < 4.78 is 13.1. The molecule has 0 aliphatic carbocycles. The topological polar surface area (TPSA) is 51.3 Å². The molecular weight excluding hydrogens is 391 g/mol. The number of guanidine groups is 1. The van der Waals surface area contributed by atoms with Crippen LogP contribution in [0.1, 0.15) is 11.1 Å². The highest BCUT2D eigenvalue weighted by atomic mass is 19.1. The van der Waals surface area contributed by atoms with Gasteiger partial charge in [0, 0.05) is 64.6 Å². The fraction of sp³-hybridized carbons (Fsp3) is 0.458. The standard InChI is InChI=1S/C24H33FN6/c1-28-10-12-29(13-11-28)19-21-4-2-20(3-5-21)18-27-24(26)31-16-14-30(15-17-31)23-8-6-22(25)7-9-23/h2-9H,10-19H2,1H3,(H2,26,27). The van der Waals surface area contributed by atoms with E-state index in [0.717, 1.165) is 64.6 Å². The molecule has 0 saturated carbocycles. The second-order valence-electron chi connectivity index (χ2n) is 8.52. The molecule has 2 aromatic rings. The van der Waals surface area contributed by atoms with E-state index in [-0.39, 0.29) is 5.82 Å². The van der Waals surface area contributed by atoms with Crippen molar-refractivity contribution in [3.05, 3.63) is 65.5 Å². The van der Waals surface area contributed by atoms with Crippen molar-refractivity contribution in [3.8, 4) is 0 Å². The summed E-state index contributed by atoms with van der Waals surface area (Å²) >= 11 is 0. The Labute approximate surface area is 184 Å². The maximum Gasteiger partial charge on any atom is 0.191 e. The maximum atomic E-state index is 13.1. The SMILES string of the molecule is CN1CCN(Cc2ccc(CN=C(N)N3CCN(c4ccc(F)cc4)CC3)cc2)CC1. The van der Waals surface area contributed by atoms with E-state index in [2.05, 4.69) is 55.9 Å². The molecule has 31 heavy (non-hydrogen) atoms. The number of nitrogens with two attached hydrogens (primary N) is 1. The summed E-state index contributed by atoms with van der Waals surface area (Å²) in [6.45, 7) is 9.49. The predicted octanol–water partition coefficient (Wildman–Crippen LogP) is 2.21. The van der Waals surface area contributed by atoms with Gasteiger partial charge in [-0.3, -0.25) is 4.90 Å². The van der Waals surface area contributed by atoms with Crippen LogP contribution >= 0.6 is 0 Å². The summed E-state index contributed by atoms with van der Waals surface area (Å²) in [5.74, 6) is 0.395. The molecule has 2 aromatic carbocycles. The summed E-state index contributed by atoms with van der Waals surface area (Å²) in [4.78, 5) is 13.9. The average molecular weight is 425 g/mol. The van der Waals surface area contributed by atoms with Gasteiger partial charge < -0.3 is 20.4 Å². The first-order chi connectivity index (χ1) is 15.1. The van der Waals surface area contributed by atoms with Gasteiger partial charge in [0.2, 0.25) is 0 Å². The molecule has 2 aliphatic heterocycles. The van der Waals surface area contributed by atoms with E-state index in [1.54, 1.807) is 0 Å². The lowest BCUT2D eigenvalue weighted by Crippen LogP contribution is -2.51. The number of piperazine rings is 2. The van der Waals surface area contributed by atoms with Crippen LogP contribution in [0.3, 0.4) is 0 Å². The molecule has 2 N–H and O–H groups in total. The van der Waals surface area contributed by atoms with Crippen molar-refractivity contribution >= 4 is 11.6 Å². The summed E-state index contributed by atoms with van der Waals surface area (Å²) in [6, 6.07) is 15.4. The second-order valence-corrected chi connectivity index (χ2v) is 8.52. The Bertz CT molecular complexity index is 851. The van der Waals surface area contributed by atoms with Crippen LogP contribution in [0.2, 0.25) is 0 Å². The van der Waals surface area contributed by atoms with Gasteiger partial charge in [0.15, 0.2) is 5.96 Å². The number of halogens is 1. The minimum absolute atomic E-state index is 0.203. The summed E-state index contributed by atoms with van der Waals surface area (Å²) in [6.07, 6.45) is 0. The van der Waals surface area contributed by atoms with Crippen molar-refractivity contribution < 1.29 is 4.39 Å². The lowest BCUT2D eigenvalue weighted by Gasteiger charge is -2.36. The molecule has 2 fully saturated rings. The second kappa shape index (κ2) is 10.1. The van der Waals surface area contributed by atoms with E-state index in [0.29, 0.717) is 12.5 Å². The summed E-state index contributed by atoms with van der Waals surface area (Å²) in [7, 11) is 2.18. The van der Waals surface area contributed by atoms with E-state index in [4.69, 9.17) is 5.73 Å². The van der Waals surface area contributed by atoms with Crippen LogP contribution in [0.25, 0.3) is 0 Å². The lowest BCUT2D eigenvalue weighted by molar-refractivity contribution is 0.148. The van der Waals surface area contributed by atoms with Crippen molar-refractivity contribution in [1.29, 1.82) is 0 Å². The molecule has 6 nitrogen and oxygen atoms in total. The molecular formula is C24H33FN6. The molecule has 2 heterocycles. The number of likely N-dealkylation sites (N-methyl/N-ethyl adjacent to an activating group) is 1. The van der Waals surface area contributed by atoms with Gasteiger partial charge in [0.25, 0.3) is 0 Å². The Kier molecular flexibility index (Phi) is 7.04. The van der Waals surface area contributed by atoms with Crippen LogP contribution in [0.4, 0.5) is 10.1 Å². The maximum absolute atomic E-state index is 13.1. The number of nitrogens with zero attached hydrogens (tertiary/aromatic N) is 5. The molecule has 0 amide bonds. The first-order valence-corrected chi connectivity index (χ1v) is 11.1. The van der Waals surface area contributed by atoms with Crippen LogP contribution < -0.4 is 10.6 Å². The number of rotatable bonds is 5. The van der Waals surface area contributed by atoms with Crippen molar-refractivity contribution in [1.82, 2.24) is 14.7 Å². The van der Waals surface area contributed by atoms with Crippen molar-refractivity contribution in [2.75, 3.05) is 64.3 Å². The zero-order valence-corrected chi connectivity index (χ0v) is 18.4. The zero-order chi connectivity index (χ0) is 21.6. The Balaban J connectivity index is 1.24. The molecule has 2 saturated heterocycles. The number of anilines is 1. The van der Waals surface area contributed by atoms with Gasteiger partial charge in [0.1, 0.15) is 5.82 Å². The first kappa shape index (κ1) is 21.6. The number of aliphatic imine (C=N–C) groups is 1. The predicted molar refractivity (Wildman–Crippen MR) is 125 cm³/mol. The lowest BCUT2D eigenvalue weighted by atomic mass is 10.1. The Morgan fingerprint density at radius 1 is 0.839 bits per heavy atom. The Morgan fingerprint density at radius 2 is 1.45 bits per heavy atom. The molecule has 0 spiro atoms. The molecule has 2 aliphatic rings. The fourth-order valence-corrected chi connectivity index (χ4v) is 4.13. The van der Waals surface area contributed by atoms with Crippen LogP contribution in [0, 0.1) is 5.82 Å². The van der Waals surface area contributed by atoms with Crippen molar-refractivity contribution in [2.24, 2.45) is 10.7 Å². The first-order valence-electron chi connectivity index (χ1n) is 11.1. The highest BCUT2D eigenvalue weighted by molar-refractivity contribution is 5.78. The monoisotopic (exact) mass is 424 g/mol. The molecule has 0 radical (unpaired) electrons. The van der Waals surface area contributed by atoms with E-state index >= 15 is 0 Å². The van der Waals surface area contributed by atoms with Crippen LogP contribution in [0.5, 0.6) is 0 Å². The van der Waals surface area contributed by atoms with Crippen molar-refractivity contribution in [2.45, 2.75) is 13.1 Å². The van der Waals surface area contributed by atoms with Gasteiger partial charge in [-0.1, -0.05) is 24.3 Å². The Morgan fingerprint density at radius 3 is 2.10 bits per heavy atom. The van der Waals surface area contributed by atoms with Gasteiger partial charge >= 0.3 is 0 Å². The largest absolute Gasteiger partial charge is 0.370 e. The van der Waals surface area contributed by atoms with Gasteiger partial charge in [-0.2, -0.15) is 0 Å². The van der Waals surface area contributed by atoms with Crippen molar-refractivity contribution in [3.63, 3.8) is 0 Å². The Hall–Kier alpha value is -2.64. The smallest absolute Gasteiger partial charge is 0.191 e. The third kappa shape index (κ3) is 5.95. The van der Waals surface area contributed by atoms with E-state index < -0.39 is 0 Å².